The van der Waals surface area contributed by atoms with Gasteiger partial charge >= 0.3 is 12.0 Å². The number of hydrogen-bond acceptors (Lipinski definition) is 2. The van der Waals surface area contributed by atoms with E-state index in [0.29, 0.717) is 6.54 Å². The van der Waals surface area contributed by atoms with Gasteiger partial charge in [0.05, 0.1) is 0 Å². The highest BCUT2D eigenvalue weighted by molar-refractivity contribution is 5.82. The summed E-state index contributed by atoms with van der Waals surface area (Å²) in [7, 11) is 0. The van der Waals surface area contributed by atoms with Gasteiger partial charge in [0.1, 0.15) is 6.04 Å². The number of carbonyl (C=O) groups is 2. The molecule has 0 spiro atoms. The van der Waals surface area contributed by atoms with E-state index in [1.807, 2.05) is 0 Å². The minimum Gasteiger partial charge on any atom is -0.480 e. The molecule has 0 aliphatic heterocycles. The van der Waals surface area contributed by atoms with Crippen molar-refractivity contribution in [2.24, 2.45) is 5.92 Å². The highest BCUT2D eigenvalue weighted by atomic mass is 16.4. The van der Waals surface area contributed by atoms with E-state index in [-0.39, 0.29) is 11.9 Å². The SMILES string of the molecule is CCCCCCCCCCNC(=O)N[C@H](C(=O)O)C(C)C. The number of carbonyl (C=O) groups excluding carboxylic acids is 1. The maximum atomic E-state index is 11.6. The summed E-state index contributed by atoms with van der Waals surface area (Å²) in [5, 5.41) is 14.2. The second-order valence-corrected chi connectivity index (χ2v) is 5.94. The molecule has 5 nitrogen and oxygen atoms in total. The van der Waals surface area contributed by atoms with Crippen LogP contribution in [0.3, 0.4) is 0 Å². The summed E-state index contributed by atoms with van der Waals surface area (Å²) >= 11 is 0. The van der Waals surface area contributed by atoms with Gasteiger partial charge in [-0.15, -0.1) is 0 Å². The summed E-state index contributed by atoms with van der Waals surface area (Å²) in [6.07, 6.45) is 9.74. The maximum absolute atomic E-state index is 11.6. The highest BCUT2D eigenvalue weighted by Gasteiger charge is 2.22. The van der Waals surface area contributed by atoms with Crippen molar-refractivity contribution in [3.63, 3.8) is 0 Å². The lowest BCUT2D eigenvalue weighted by Crippen LogP contribution is -2.48. The average molecular weight is 300 g/mol. The van der Waals surface area contributed by atoms with Crippen LogP contribution in [0.15, 0.2) is 0 Å². The smallest absolute Gasteiger partial charge is 0.326 e. The molecule has 21 heavy (non-hydrogen) atoms. The summed E-state index contributed by atoms with van der Waals surface area (Å²) in [6, 6.07) is -1.22. The molecule has 0 bridgehead atoms. The number of hydrogen-bond donors (Lipinski definition) is 3. The van der Waals surface area contributed by atoms with Crippen molar-refractivity contribution >= 4 is 12.0 Å². The summed E-state index contributed by atoms with van der Waals surface area (Å²) in [4.78, 5) is 22.5. The third-order valence-electron chi connectivity index (χ3n) is 3.54. The van der Waals surface area contributed by atoms with Gasteiger partial charge in [-0.25, -0.2) is 9.59 Å². The van der Waals surface area contributed by atoms with Crippen LogP contribution in [-0.4, -0.2) is 29.7 Å². The van der Waals surface area contributed by atoms with E-state index in [1.54, 1.807) is 13.8 Å². The quantitative estimate of drug-likeness (QED) is 0.482. The molecule has 0 aliphatic carbocycles. The number of carboxylic acid groups (broad SMARTS) is 1. The van der Waals surface area contributed by atoms with Crippen LogP contribution in [0.2, 0.25) is 0 Å². The standard InChI is InChI=1S/C16H32N2O3/c1-4-5-6-7-8-9-10-11-12-17-16(21)18-14(13(2)3)15(19)20/h13-14H,4-12H2,1-3H3,(H,19,20)(H2,17,18,21)/t14-/m0/s1. The van der Waals surface area contributed by atoms with Crippen molar-refractivity contribution in [2.75, 3.05) is 6.54 Å². The van der Waals surface area contributed by atoms with E-state index in [4.69, 9.17) is 5.11 Å². The zero-order chi connectivity index (χ0) is 16.1. The molecule has 0 saturated carbocycles. The molecule has 0 aromatic heterocycles. The zero-order valence-electron chi connectivity index (χ0n) is 13.8. The Bertz CT molecular complexity index is 293. The molecule has 2 amide bonds. The zero-order valence-corrected chi connectivity index (χ0v) is 13.8. The molecule has 0 saturated heterocycles. The first-order valence-corrected chi connectivity index (χ1v) is 8.26. The van der Waals surface area contributed by atoms with Gasteiger partial charge in [-0.05, 0) is 12.3 Å². The van der Waals surface area contributed by atoms with Gasteiger partial charge in [0.25, 0.3) is 0 Å². The van der Waals surface area contributed by atoms with Crippen molar-refractivity contribution in [3.05, 3.63) is 0 Å². The topological polar surface area (TPSA) is 78.4 Å². The third kappa shape index (κ3) is 11.1. The van der Waals surface area contributed by atoms with Gasteiger partial charge < -0.3 is 15.7 Å². The molecule has 0 rings (SSSR count). The Hall–Kier alpha value is -1.26. The van der Waals surface area contributed by atoms with Crippen molar-refractivity contribution in [3.8, 4) is 0 Å². The van der Waals surface area contributed by atoms with Crippen molar-refractivity contribution in [1.29, 1.82) is 0 Å². The maximum Gasteiger partial charge on any atom is 0.326 e. The molecule has 0 aliphatic rings. The number of amides is 2. The summed E-state index contributed by atoms with van der Waals surface area (Å²) < 4.78 is 0. The Morgan fingerprint density at radius 3 is 1.95 bits per heavy atom. The summed E-state index contributed by atoms with van der Waals surface area (Å²) in [5.41, 5.74) is 0. The van der Waals surface area contributed by atoms with Crippen molar-refractivity contribution in [1.82, 2.24) is 10.6 Å². The fourth-order valence-electron chi connectivity index (χ4n) is 2.17. The fourth-order valence-corrected chi connectivity index (χ4v) is 2.17. The lowest BCUT2D eigenvalue weighted by Gasteiger charge is -2.18. The monoisotopic (exact) mass is 300 g/mol. The number of nitrogens with one attached hydrogen (secondary N) is 2. The Morgan fingerprint density at radius 1 is 0.952 bits per heavy atom. The average Bonchev–Trinajstić information content (AvgIpc) is 2.42. The van der Waals surface area contributed by atoms with E-state index >= 15 is 0 Å². The summed E-state index contributed by atoms with van der Waals surface area (Å²) in [5.74, 6) is -1.12. The van der Waals surface area contributed by atoms with E-state index in [0.717, 1.165) is 12.8 Å². The van der Waals surface area contributed by atoms with Crippen LogP contribution in [-0.2, 0) is 4.79 Å². The lowest BCUT2D eigenvalue weighted by molar-refractivity contribution is -0.140. The van der Waals surface area contributed by atoms with Crippen LogP contribution < -0.4 is 10.6 Å². The molecule has 0 fully saturated rings. The predicted octanol–water partition coefficient (Wildman–Crippen LogP) is 3.54. The Balaban J connectivity index is 3.55. The lowest BCUT2D eigenvalue weighted by atomic mass is 10.1. The molecule has 5 heteroatoms. The Morgan fingerprint density at radius 2 is 1.48 bits per heavy atom. The first-order valence-electron chi connectivity index (χ1n) is 8.26. The van der Waals surface area contributed by atoms with Gasteiger partial charge in [0.2, 0.25) is 0 Å². The van der Waals surface area contributed by atoms with E-state index in [2.05, 4.69) is 17.6 Å². The van der Waals surface area contributed by atoms with Gasteiger partial charge in [0.15, 0.2) is 0 Å². The Kier molecular flexibility index (Phi) is 11.7. The molecule has 124 valence electrons. The first-order chi connectivity index (χ1) is 9.99. The molecule has 3 N–H and O–H groups in total. The normalized spacial score (nSPS) is 12.2. The molecule has 0 aromatic carbocycles. The van der Waals surface area contributed by atoms with Crippen LogP contribution in [0, 0.1) is 5.92 Å². The van der Waals surface area contributed by atoms with E-state index in [9.17, 15) is 9.59 Å². The number of urea groups is 1. The molecule has 0 heterocycles. The molecule has 0 radical (unpaired) electrons. The predicted molar refractivity (Wildman–Crippen MR) is 85.4 cm³/mol. The minimum absolute atomic E-state index is 0.128. The van der Waals surface area contributed by atoms with Crippen LogP contribution in [0.25, 0.3) is 0 Å². The second-order valence-electron chi connectivity index (χ2n) is 5.94. The van der Waals surface area contributed by atoms with Gasteiger partial charge in [-0.2, -0.15) is 0 Å². The molecule has 0 aromatic rings. The molecular formula is C16H32N2O3. The third-order valence-corrected chi connectivity index (χ3v) is 3.54. The van der Waals surface area contributed by atoms with Crippen LogP contribution in [0.4, 0.5) is 4.79 Å². The van der Waals surface area contributed by atoms with Crippen LogP contribution >= 0.6 is 0 Å². The van der Waals surface area contributed by atoms with Crippen LogP contribution in [0.5, 0.6) is 0 Å². The molecule has 0 unspecified atom stereocenters. The Labute approximate surface area is 128 Å². The molecule has 1 atom stereocenters. The highest BCUT2D eigenvalue weighted by Crippen LogP contribution is 2.07. The number of aliphatic carboxylic acids is 1. The van der Waals surface area contributed by atoms with E-state index in [1.165, 1.54) is 38.5 Å². The molecular weight excluding hydrogens is 268 g/mol. The number of rotatable bonds is 12. The van der Waals surface area contributed by atoms with Gasteiger partial charge in [0, 0.05) is 6.54 Å². The first kappa shape index (κ1) is 19.7. The van der Waals surface area contributed by atoms with E-state index < -0.39 is 12.0 Å². The summed E-state index contributed by atoms with van der Waals surface area (Å²) in [6.45, 7) is 6.37. The fraction of sp³-hybridized carbons (Fsp3) is 0.875. The number of carboxylic acids is 1. The minimum atomic E-state index is -0.993. The van der Waals surface area contributed by atoms with Crippen molar-refractivity contribution < 1.29 is 14.7 Å². The van der Waals surface area contributed by atoms with Crippen LogP contribution in [0.1, 0.15) is 72.1 Å². The number of unbranched alkanes of at least 4 members (excludes halogenated alkanes) is 7. The van der Waals surface area contributed by atoms with Crippen molar-refractivity contribution in [2.45, 2.75) is 78.2 Å². The van der Waals surface area contributed by atoms with Gasteiger partial charge in [-0.1, -0.05) is 65.7 Å². The second kappa shape index (κ2) is 12.5. The largest absolute Gasteiger partial charge is 0.480 e. The van der Waals surface area contributed by atoms with Gasteiger partial charge in [-0.3, -0.25) is 0 Å².